The van der Waals surface area contributed by atoms with Gasteiger partial charge in [0.2, 0.25) is 6.10 Å². The van der Waals surface area contributed by atoms with Gasteiger partial charge in [0.1, 0.15) is 0 Å². The Kier molecular flexibility index (Phi) is 4.61. The molecule has 6 heteroatoms. The van der Waals surface area contributed by atoms with Gasteiger partial charge in [0, 0.05) is 10.9 Å². The van der Waals surface area contributed by atoms with Crippen molar-refractivity contribution in [3.63, 3.8) is 0 Å². The molecule has 1 amide bonds. The smallest absolute Gasteiger partial charge is 0.429 e. The summed E-state index contributed by atoms with van der Waals surface area (Å²) in [6.07, 6.45) is -8.21. The second-order valence-corrected chi connectivity index (χ2v) is 5.39. The average molecular weight is 345 g/mol. The van der Waals surface area contributed by atoms with Gasteiger partial charge in [-0.25, -0.2) is 4.79 Å². The number of anilines is 1. The van der Waals surface area contributed by atoms with Gasteiger partial charge in [0.15, 0.2) is 0 Å². The van der Waals surface area contributed by atoms with E-state index in [1.807, 2.05) is 18.2 Å². The molecule has 0 aliphatic heterocycles. The van der Waals surface area contributed by atoms with Crippen LogP contribution < -0.4 is 5.32 Å². The molecule has 0 unspecified atom stereocenters. The summed E-state index contributed by atoms with van der Waals surface area (Å²) in [6, 6.07) is 19.4. The largest absolute Gasteiger partial charge is 0.431 e. The Balaban J connectivity index is 1.82. The van der Waals surface area contributed by atoms with Gasteiger partial charge in [-0.15, -0.1) is 0 Å². The van der Waals surface area contributed by atoms with E-state index in [4.69, 9.17) is 0 Å². The Morgan fingerprint density at radius 3 is 2.24 bits per heavy atom. The standard InChI is InChI=1S/C19H14F3NO2/c20-19(21,22)17(14-8-2-1-3-9-14)25-18(24)23-16-12-6-10-13-7-4-5-11-15(13)16/h1-12,17H,(H,23,24)/t17-/m0/s1. The number of ether oxygens (including phenoxy) is 1. The summed E-state index contributed by atoms with van der Waals surface area (Å²) >= 11 is 0. The number of benzene rings is 3. The number of amides is 1. The van der Waals surface area contributed by atoms with Gasteiger partial charge in [-0.3, -0.25) is 5.32 Å². The highest BCUT2D eigenvalue weighted by atomic mass is 19.4. The van der Waals surface area contributed by atoms with Crippen molar-refractivity contribution in [2.75, 3.05) is 5.32 Å². The minimum atomic E-state index is -4.71. The SMILES string of the molecule is O=C(Nc1cccc2ccccc12)O[C@@H](c1ccccc1)C(F)(F)F. The van der Waals surface area contributed by atoms with Crippen molar-refractivity contribution in [3.05, 3.63) is 78.4 Å². The first-order valence-electron chi connectivity index (χ1n) is 7.52. The average Bonchev–Trinajstić information content (AvgIpc) is 2.60. The molecule has 1 N–H and O–H groups in total. The number of halogens is 3. The molecule has 3 nitrogen and oxygen atoms in total. The highest BCUT2D eigenvalue weighted by molar-refractivity contribution is 6.00. The Hall–Kier alpha value is -3.02. The van der Waals surface area contributed by atoms with Crippen molar-refractivity contribution >= 4 is 22.6 Å². The Bertz CT molecular complexity index is 873. The van der Waals surface area contributed by atoms with Crippen molar-refractivity contribution in [2.24, 2.45) is 0 Å². The van der Waals surface area contributed by atoms with Crippen molar-refractivity contribution in [3.8, 4) is 0 Å². The van der Waals surface area contributed by atoms with E-state index in [0.29, 0.717) is 11.1 Å². The molecule has 0 saturated carbocycles. The third kappa shape index (κ3) is 3.91. The van der Waals surface area contributed by atoms with Crippen LogP contribution in [0.1, 0.15) is 11.7 Å². The Morgan fingerprint density at radius 1 is 0.880 bits per heavy atom. The number of carbonyl (C=O) groups excluding carboxylic acids is 1. The van der Waals surface area contributed by atoms with Gasteiger partial charge in [-0.2, -0.15) is 13.2 Å². The lowest BCUT2D eigenvalue weighted by Gasteiger charge is -2.21. The number of carbonyl (C=O) groups is 1. The molecule has 0 heterocycles. The summed E-state index contributed by atoms with van der Waals surface area (Å²) < 4.78 is 44.4. The Morgan fingerprint density at radius 2 is 1.52 bits per heavy atom. The van der Waals surface area contributed by atoms with Crippen LogP contribution in [-0.4, -0.2) is 12.3 Å². The van der Waals surface area contributed by atoms with Crippen LogP contribution in [0.2, 0.25) is 0 Å². The zero-order valence-corrected chi connectivity index (χ0v) is 13.0. The third-order valence-corrected chi connectivity index (χ3v) is 3.65. The zero-order valence-electron chi connectivity index (χ0n) is 13.0. The fourth-order valence-electron chi connectivity index (χ4n) is 2.53. The van der Waals surface area contributed by atoms with Gasteiger partial charge in [0.05, 0.1) is 5.69 Å². The number of nitrogens with one attached hydrogen (secondary N) is 1. The molecule has 25 heavy (non-hydrogen) atoms. The van der Waals surface area contributed by atoms with Crippen LogP contribution >= 0.6 is 0 Å². The number of fused-ring (bicyclic) bond motifs is 1. The first-order valence-corrected chi connectivity index (χ1v) is 7.52. The van der Waals surface area contributed by atoms with Crippen LogP contribution in [0.3, 0.4) is 0 Å². The fraction of sp³-hybridized carbons (Fsp3) is 0.105. The van der Waals surface area contributed by atoms with Crippen LogP contribution in [0.25, 0.3) is 10.8 Å². The topological polar surface area (TPSA) is 38.3 Å². The van der Waals surface area contributed by atoms with Gasteiger partial charge < -0.3 is 4.74 Å². The molecule has 0 saturated heterocycles. The maximum Gasteiger partial charge on any atom is 0.429 e. The van der Waals surface area contributed by atoms with E-state index < -0.39 is 18.4 Å². The normalized spacial score (nSPS) is 12.6. The zero-order chi connectivity index (χ0) is 17.9. The van der Waals surface area contributed by atoms with E-state index in [2.05, 4.69) is 10.1 Å². The number of hydrogen-bond donors (Lipinski definition) is 1. The molecule has 0 bridgehead atoms. The fourth-order valence-corrected chi connectivity index (χ4v) is 2.53. The second-order valence-electron chi connectivity index (χ2n) is 5.39. The summed E-state index contributed by atoms with van der Waals surface area (Å²) in [4.78, 5) is 12.1. The first-order chi connectivity index (χ1) is 11.9. The molecule has 0 aliphatic rings. The lowest BCUT2D eigenvalue weighted by atomic mass is 10.1. The molecular weight excluding hydrogens is 331 g/mol. The van der Waals surface area contributed by atoms with Crippen molar-refractivity contribution in [1.29, 1.82) is 0 Å². The maximum atomic E-state index is 13.3. The van der Waals surface area contributed by atoms with Crippen molar-refractivity contribution < 1.29 is 22.7 Å². The van der Waals surface area contributed by atoms with Gasteiger partial charge in [-0.05, 0) is 11.5 Å². The van der Waals surface area contributed by atoms with Crippen LogP contribution in [-0.2, 0) is 4.74 Å². The van der Waals surface area contributed by atoms with E-state index >= 15 is 0 Å². The van der Waals surface area contributed by atoms with Crippen molar-refractivity contribution in [1.82, 2.24) is 0 Å². The van der Waals surface area contributed by atoms with Crippen LogP contribution in [0.4, 0.5) is 23.7 Å². The minimum Gasteiger partial charge on any atom is -0.431 e. The van der Waals surface area contributed by atoms with Gasteiger partial charge in [0.25, 0.3) is 0 Å². The molecule has 0 aliphatic carbocycles. The van der Waals surface area contributed by atoms with Crippen molar-refractivity contribution in [2.45, 2.75) is 12.3 Å². The third-order valence-electron chi connectivity index (χ3n) is 3.65. The maximum absolute atomic E-state index is 13.3. The predicted octanol–water partition coefficient (Wildman–Crippen LogP) is 5.69. The first kappa shape index (κ1) is 16.8. The van der Waals surface area contributed by atoms with Gasteiger partial charge in [-0.1, -0.05) is 66.7 Å². The molecule has 0 spiro atoms. The minimum absolute atomic E-state index is 0.136. The highest BCUT2D eigenvalue weighted by Crippen LogP contribution is 2.36. The molecule has 3 aromatic carbocycles. The van der Waals surface area contributed by atoms with E-state index in [0.717, 1.165) is 5.39 Å². The lowest BCUT2D eigenvalue weighted by molar-refractivity contribution is -0.205. The Labute approximate surface area is 142 Å². The second kappa shape index (κ2) is 6.84. The van der Waals surface area contributed by atoms with E-state index in [1.165, 1.54) is 24.3 Å². The number of hydrogen-bond acceptors (Lipinski definition) is 2. The molecule has 1 atom stereocenters. The summed E-state index contributed by atoms with van der Waals surface area (Å²) in [6.45, 7) is 0. The van der Waals surface area contributed by atoms with E-state index in [9.17, 15) is 18.0 Å². The predicted molar refractivity (Wildman–Crippen MR) is 89.3 cm³/mol. The molecule has 3 rings (SSSR count). The van der Waals surface area contributed by atoms with E-state index in [1.54, 1.807) is 30.3 Å². The molecular formula is C19H14F3NO2. The van der Waals surface area contributed by atoms with Crippen LogP contribution in [0.15, 0.2) is 72.8 Å². The summed E-state index contributed by atoms with van der Waals surface area (Å²) in [5.74, 6) is 0. The highest BCUT2D eigenvalue weighted by Gasteiger charge is 2.44. The van der Waals surface area contributed by atoms with E-state index in [-0.39, 0.29) is 5.56 Å². The van der Waals surface area contributed by atoms with Crippen LogP contribution in [0.5, 0.6) is 0 Å². The number of alkyl halides is 3. The molecule has 128 valence electrons. The summed E-state index contributed by atoms with van der Waals surface area (Å²) in [5, 5.41) is 3.97. The summed E-state index contributed by atoms with van der Waals surface area (Å²) in [5.41, 5.74) is 0.250. The summed E-state index contributed by atoms with van der Waals surface area (Å²) in [7, 11) is 0. The molecule has 0 radical (unpaired) electrons. The molecule has 3 aromatic rings. The van der Waals surface area contributed by atoms with Crippen LogP contribution in [0, 0.1) is 0 Å². The molecule has 0 fully saturated rings. The number of rotatable bonds is 3. The lowest BCUT2D eigenvalue weighted by Crippen LogP contribution is -2.28. The quantitative estimate of drug-likeness (QED) is 0.662. The van der Waals surface area contributed by atoms with Gasteiger partial charge >= 0.3 is 12.3 Å². The molecule has 0 aromatic heterocycles. The monoisotopic (exact) mass is 345 g/mol.